The van der Waals surface area contributed by atoms with Crippen LogP contribution in [-0.2, 0) is 14.4 Å². The van der Waals surface area contributed by atoms with Gasteiger partial charge in [0.2, 0.25) is 17.7 Å². The summed E-state index contributed by atoms with van der Waals surface area (Å²) in [6.07, 6.45) is 0.0355. The highest BCUT2D eigenvalue weighted by atomic mass is 16.2. The van der Waals surface area contributed by atoms with Crippen LogP contribution >= 0.6 is 0 Å². The molecule has 0 saturated carbocycles. The summed E-state index contributed by atoms with van der Waals surface area (Å²) >= 11 is 0. The molecule has 1 aliphatic rings. The van der Waals surface area contributed by atoms with Crippen LogP contribution < -0.4 is 16.0 Å². The summed E-state index contributed by atoms with van der Waals surface area (Å²) in [5.74, 6) is -0.751. The van der Waals surface area contributed by atoms with Gasteiger partial charge in [0.25, 0.3) is 0 Å². The van der Waals surface area contributed by atoms with Crippen molar-refractivity contribution in [1.82, 2.24) is 20.9 Å². The summed E-state index contributed by atoms with van der Waals surface area (Å²) in [6.45, 7) is 3.82. The summed E-state index contributed by atoms with van der Waals surface area (Å²) < 4.78 is 0. The van der Waals surface area contributed by atoms with E-state index in [1.54, 1.807) is 0 Å². The molecule has 1 fully saturated rings. The molecule has 3 N–H and O–H groups in total. The van der Waals surface area contributed by atoms with Gasteiger partial charge in [0, 0.05) is 13.1 Å². The zero-order chi connectivity index (χ0) is 21.3. The Morgan fingerprint density at radius 1 is 1.03 bits per heavy atom. The number of hydrogen-bond acceptors (Lipinski definition) is 4. The van der Waals surface area contributed by atoms with Gasteiger partial charge in [-0.15, -0.1) is 0 Å². The maximum absolute atomic E-state index is 12.6. The minimum absolute atomic E-state index is 0.0355. The van der Waals surface area contributed by atoms with Crippen molar-refractivity contribution in [3.63, 3.8) is 0 Å². The third-order valence-electron chi connectivity index (χ3n) is 5.24. The lowest BCUT2D eigenvalue weighted by atomic mass is 9.99. The maximum atomic E-state index is 12.6. The Balaban J connectivity index is 1.58. The number of carbonyl (C=O) groups excluding carboxylic acids is 3. The molecule has 3 rings (SSSR count). The van der Waals surface area contributed by atoms with Crippen molar-refractivity contribution in [3.8, 4) is 0 Å². The number of benzene rings is 2. The molecule has 30 heavy (non-hydrogen) atoms. The van der Waals surface area contributed by atoms with Crippen molar-refractivity contribution in [1.29, 1.82) is 0 Å². The average molecular weight is 409 g/mol. The van der Waals surface area contributed by atoms with Gasteiger partial charge in [0.15, 0.2) is 0 Å². The number of rotatable bonds is 8. The standard InChI is InChI=1S/C23H28N4O3/c1-2-27-14-13-24-23(30)19(27)15-20(28)25-16-21(29)26-22(17-9-5-3-6-10-17)18-11-7-4-8-12-18/h3-12,19,22H,2,13-16H2,1H3,(H,24,30)(H,25,28)(H,26,29)/t19-/m0/s1. The first-order valence-corrected chi connectivity index (χ1v) is 10.3. The van der Waals surface area contributed by atoms with E-state index < -0.39 is 6.04 Å². The van der Waals surface area contributed by atoms with E-state index in [4.69, 9.17) is 0 Å². The zero-order valence-electron chi connectivity index (χ0n) is 17.1. The van der Waals surface area contributed by atoms with Crippen molar-refractivity contribution in [2.45, 2.75) is 25.4 Å². The van der Waals surface area contributed by atoms with E-state index >= 15 is 0 Å². The smallest absolute Gasteiger partial charge is 0.240 e. The second-order valence-electron chi connectivity index (χ2n) is 7.24. The van der Waals surface area contributed by atoms with Crippen LogP contribution in [0.2, 0.25) is 0 Å². The van der Waals surface area contributed by atoms with E-state index in [-0.39, 0.29) is 36.7 Å². The van der Waals surface area contributed by atoms with Crippen LogP contribution in [0.1, 0.15) is 30.5 Å². The summed E-state index contributed by atoms with van der Waals surface area (Å²) in [4.78, 5) is 39.0. The van der Waals surface area contributed by atoms with Crippen LogP contribution in [0.3, 0.4) is 0 Å². The molecule has 1 heterocycles. The van der Waals surface area contributed by atoms with E-state index in [2.05, 4.69) is 16.0 Å². The van der Waals surface area contributed by atoms with E-state index in [0.717, 1.165) is 17.7 Å². The molecule has 0 aliphatic carbocycles. The highest BCUT2D eigenvalue weighted by Crippen LogP contribution is 2.21. The quantitative estimate of drug-likeness (QED) is 0.613. The van der Waals surface area contributed by atoms with E-state index in [9.17, 15) is 14.4 Å². The van der Waals surface area contributed by atoms with E-state index in [0.29, 0.717) is 13.1 Å². The van der Waals surface area contributed by atoms with Gasteiger partial charge in [0.1, 0.15) is 0 Å². The van der Waals surface area contributed by atoms with Crippen LogP contribution in [0.5, 0.6) is 0 Å². The normalized spacial score (nSPS) is 16.7. The third kappa shape index (κ3) is 5.67. The van der Waals surface area contributed by atoms with Gasteiger partial charge in [-0.2, -0.15) is 0 Å². The Hall–Kier alpha value is -3.19. The van der Waals surface area contributed by atoms with Gasteiger partial charge in [-0.05, 0) is 17.7 Å². The van der Waals surface area contributed by atoms with Gasteiger partial charge in [-0.3, -0.25) is 19.3 Å². The molecule has 0 bridgehead atoms. The van der Waals surface area contributed by atoms with Gasteiger partial charge >= 0.3 is 0 Å². The van der Waals surface area contributed by atoms with Crippen LogP contribution in [0.15, 0.2) is 60.7 Å². The van der Waals surface area contributed by atoms with Gasteiger partial charge < -0.3 is 16.0 Å². The van der Waals surface area contributed by atoms with Crippen LogP contribution in [0, 0.1) is 0 Å². The molecule has 0 unspecified atom stereocenters. The highest BCUT2D eigenvalue weighted by molar-refractivity contribution is 5.90. The van der Waals surface area contributed by atoms with Crippen molar-refractivity contribution in [2.75, 3.05) is 26.2 Å². The lowest BCUT2D eigenvalue weighted by molar-refractivity contribution is -0.134. The first kappa shape index (κ1) is 21.5. The molecule has 3 amide bonds. The Labute approximate surface area is 176 Å². The predicted molar refractivity (Wildman–Crippen MR) is 115 cm³/mol. The average Bonchev–Trinajstić information content (AvgIpc) is 2.78. The Morgan fingerprint density at radius 2 is 1.63 bits per heavy atom. The molecule has 158 valence electrons. The van der Waals surface area contributed by atoms with Crippen LogP contribution in [-0.4, -0.2) is 54.8 Å². The third-order valence-corrected chi connectivity index (χ3v) is 5.24. The van der Waals surface area contributed by atoms with Gasteiger partial charge in [-0.1, -0.05) is 67.6 Å². The molecule has 0 spiro atoms. The number of carbonyl (C=O) groups is 3. The molecular weight excluding hydrogens is 380 g/mol. The maximum Gasteiger partial charge on any atom is 0.240 e. The number of hydrogen-bond donors (Lipinski definition) is 3. The summed E-state index contributed by atoms with van der Waals surface area (Å²) in [7, 11) is 0. The number of nitrogens with zero attached hydrogens (tertiary/aromatic N) is 1. The molecule has 7 nitrogen and oxygen atoms in total. The monoisotopic (exact) mass is 408 g/mol. The highest BCUT2D eigenvalue weighted by Gasteiger charge is 2.30. The topological polar surface area (TPSA) is 90.5 Å². The fourth-order valence-electron chi connectivity index (χ4n) is 3.65. The number of nitrogens with one attached hydrogen (secondary N) is 3. The number of piperazine rings is 1. The minimum atomic E-state index is -0.492. The second kappa shape index (κ2) is 10.5. The van der Waals surface area contributed by atoms with Crippen molar-refractivity contribution in [3.05, 3.63) is 71.8 Å². The van der Waals surface area contributed by atoms with Crippen LogP contribution in [0.4, 0.5) is 0 Å². The molecule has 2 aromatic carbocycles. The second-order valence-corrected chi connectivity index (χ2v) is 7.24. The molecule has 0 aromatic heterocycles. The Bertz CT molecular complexity index is 818. The lowest BCUT2D eigenvalue weighted by Crippen LogP contribution is -2.56. The SMILES string of the molecule is CCN1CCNC(=O)[C@@H]1CC(=O)NCC(=O)NC(c1ccccc1)c1ccccc1. The number of likely N-dealkylation sites (N-methyl/N-ethyl adjacent to an activating group) is 1. The molecule has 2 aromatic rings. The van der Waals surface area contributed by atoms with E-state index in [1.165, 1.54) is 0 Å². The van der Waals surface area contributed by atoms with Crippen molar-refractivity contribution < 1.29 is 14.4 Å². The lowest BCUT2D eigenvalue weighted by Gasteiger charge is -2.33. The predicted octanol–water partition coefficient (Wildman–Crippen LogP) is 1.22. The Morgan fingerprint density at radius 3 is 2.20 bits per heavy atom. The summed E-state index contributed by atoms with van der Waals surface area (Å²) in [6, 6.07) is 18.6. The van der Waals surface area contributed by atoms with Crippen molar-refractivity contribution in [2.24, 2.45) is 0 Å². The van der Waals surface area contributed by atoms with Gasteiger partial charge in [-0.25, -0.2) is 0 Å². The first-order chi connectivity index (χ1) is 14.6. The molecule has 0 radical (unpaired) electrons. The van der Waals surface area contributed by atoms with E-state index in [1.807, 2.05) is 72.5 Å². The van der Waals surface area contributed by atoms with Crippen molar-refractivity contribution >= 4 is 17.7 Å². The molecule has 1 aliphatic heterocycles. The largest absolute Gasteiger partial charge is 0.353 e. The summed E-state index contributed by atoms with van der Waals surface area (Å²) in [5, 5.41) is 8.43. The fourth-order valence-corrected chi connectivity index (χ4v) is 3.65. The zero-order valence-corrected chi connectivity index (χ0v) is 17.1. The summed E-state index contributed by atoms with van der Waals surface area (Å²) in [5.41, 5.74) is 1.92. The molecule has 1 atom stereocenters. The molecule has 7 heteroatoms. The minimum Gasteiger partial charge on any atom is -0.353 e. The number of amides is 3. The Kier molecular flexibility index (Phi) is 7.57. The fraction of sp³-hybridized carbons (Fsp3) is 0.348. The molecule has 1 saturated heterocycles. The van der Waals surface area contributed by atoms with Crippen LogP contribution in [0.25, 0.3) is 0 Å². The van der Waals surface area contributed by atoms with Gasteiger partial charge in [0.05, 0.1) is 25.0 Å². The molecular formula is C23H28N4O3. The first-order valence-electron chi connectivity index (χ1n) is 10.3.